The Balaban J connectivity index is 3.38. The number of esters is 2. The fraction of sp³-hybridized carbons (Fsp3) is 0.765. The Kier molecular flexibility index (Phi) is 8.56. The summed E-state index contributed by atoms with van der Waals surface area (Å²) in [7, 11) is 0. The van der Waals surface area contributed by atoms with Crippen LogP contribution in [0.25, 0.3) is 0 Å². The van der Waals surface area contributed by atoms with Crippen LogP contribution in [0.5, 0.6) is 0 Å². The number of alkyl halides is 18. The molecule has 1 saturated heterocycles. The highest BCUT2D eigenvalue weighted by Crippen LogP contribution is 2.56. The van der Waals surface area contributed by atoms with Crippen molar-refractivity contribution in [1.82, 2.24) is 0 Å². The van der Waals surface area contributed by atoms with Crippen molar-refractivity contribution in [2.45, 2.75) is 80.0 Å². The van der Waals surface area contributed by atoms with Gasteiger partial charge in [0.1, 0.15) is 0 Å². The Morgan fingerprint density at radius 2 is 0.868 bits per heavy atom. The molecule has 0 aromatic carbocycles. The van der Waals surface area contributed by atoms with Crippen molar-refractivity contribution >= 4 is 11.9 Å². The van der Waals surface area contributed by atoms with E-state index in [9.17, 15) is 88.6 Å². The van der Waals surface area contributed by atoms with E-state index in [1.165, 1.54) is 0 Å². The highest BCUT2D eigenvalue weighted by Gasteiger charge is 2.82. The molecule has 0 unspecified atom stereocenters. The van der Waals surface area contributed by atoms with Gasteiger partial charge in [0.15, 0.2) is 0 Å². The molecule has 0 atom stereocenters. The van der Waals surface area contributed by atoms with Gasteiger partial charge in [-0.3, -0.25) is 4.79 Å². The molecule has 0 radical (unpaired) electrons. The van der Waals surface area contributed by atoms with Crippen LogP contribution in [0.15, 0.2) is 11.1 Å². The van der Waals surface area contributed by atoms with Crippen LogP contribution >= 0.6 is 0 Å². The van der Waals surface area contributed by atoms with Crippen molar-refractivity contribution in [3.05, 3.63) is 11.1 Å². The van der Waals surface area contributed by atoms with E-state index in [0.29, 0.717) is 0 Å². The van der Waals surface area contributed by atoms with Gasteiger partial charge in [0, 0.05) is 18.4 Å². The fourth-order valence-electron chi connectivity index (χ4n) is 2.86. The lowest BCUT2D eigenvalue weighted by Gasteiger charge is -2.34. The number of allylic oxidation sites excluding steroid dienone is 1. The molecule has 0 amide bonds. The summed E-state index contributed by atoms with van der Waals surface area (Å²) < 4.78 is 237. The summed E-state index contributed by atoms with van der Waals surface area (Å²) in [6, 6.07) is 0. The quantitative estimate of drug-likeness (QED) is 0.114. The highest BCUT2D eigenvalue weighted by atomic mass is 19.4. The molecule has 0 N–H and O–H groups in total. The molecular formula is C17H10F18O3. The third kappa shape index (κ3) is 5.64. The van der Waals surface area contributed by atoms with Gasteiger partial charge >= 0.3 is 59.8 Å². The van der Waals surface area contributed by atoms with Crippen molar-refractivity contribution in [1.29, 1.82) is 0 Å². The Labute approximate surface area is 197 Å². The first-order chi connectivity index (χ1) is 16.5. The van der Waals surface area contributed by atoms with Crippen LogP contribution in [0.4, 0.5) is 79.0 Å². The summed E-state index contributed by atoms with van der Waals surface area (Å²) in [5.41, 5.74) is -2.92. The van der Waals surface area contributed by atoms with Gasteiger partial charge in [0.25, 0.3) is 0 Å². The lowest BCUT2D eigenvalue weighted by Crippen LogP contribution is -2.61. The maximum atomic E-state index is 13.8. The SMILES string of the molecule is O=C1CC(=C(CCC(F)(F)C(F)(F)C(F)(F)C(F)(F)F)CCC(F)(F)C(F)(F)C(F)(F)C(F)(F)F)C(=O)O1. The Bertz CT molecular complexity index is 900. The topological polar surface area (TPSA) is 43.4 Å². The van der Waals surface area contributed by atoms with Crippen LogP contribution in [0.3, 0.4) is 0 Å². The predicted molar refractivity (Wildman–Crippen MR) is 83.0 cm³/mol. The second kappa shape index (κ2) is 9.67. The molecule has 0 aromatic heterocycles. The van der Waals surface area contributed by atoms with Crippen LogP contribution in [-0.4, -0.2) is 59.8 Å². The zero-order valence-corrected chi connectivity index (χ0v) is 17.6. The summed E-state index contributed by atoms with van der Waals surface area (Å²) >= 11 is 0. The lowest BCUT2D eigenvalue weighted by molar-refractivity contribution is -0.397. The molecule has 21 heteroatoms. The number of ether oxygens (including phenoxy) is 1. The van der Waals surface area contributed by atoms with Crippen molar-refractivity contribution in [3.8, 4) is 0 Å². The molecule has 0 aliphatic carbocycles. The van der Waals surface area contributed by atoms with Gasteiger partial charge in [-0.1, -0.05) is 5.57 Å². The molecule has 1 aliphatic rings. The number of hydrogen-bond acceptors (Lipinski definition) is 3. The van der Waals surface area contributed by atoms with Gasteiger partial charge in [-0.15, -0.1) is 0 Å². The fourth-order valence-corrected chi connectivity index (χ4v) is 2.86. The van der Waals surface area contributed by atoms with E-state index in [1.54, 1.807) is 0 Å². The number of carbonyl (C=O) groups is 2. The Morgan fingerprint density at radius 1 is 0.553 bits per heavy atom. The number of halogens is 18. The van der Waals surface area contributed by atoms with E-state index < -0.39 is 103 Å². The molecule has 222 valence electrons. The van der Waals surface area contributed by atoms with E-state index >= 15 is 0 Å². The van der Waals surface area contributed by atoms with E-state index in [1.807, 2.05) is 0 Å². The second-order valence-corrected chi connectivity index (χ2v) is 7.72. The summed E-state index contributed by atoms with van der Waals surface area (Å²) in [5.74, 6) is -45.6. The molecule has 1 aliphatic heterocycles. The third-order valence-corrected chi connectivity index (χ3v) is 5.10. The molecule has 1 fully saturated rings. The largest absolute Gasteiger partial charge is 0.460 e. The van der Waals surface area contributed by atoms with Gasteiger partial charge < -0.3 is 4.74 Å². The van der Waals surface area contributed by atoms with Crippen molar-refractivity contribution in [3.63, 3.8) is 0 Å². The average Bonchev–Trinajstić information content (AvgIpc) is 3.03. The monoisotopic (exact) mass is 604 g/mol. The molecule has 1 rings (SSSR count). The third-order valence-electron chi connectivity index (χ3n) is 5.10. The van der Waals surface area contributed by atoms with Crippen molar-refractivity contribution in [2.24, 2.45) is 0 Å². The normalized spacial score (nSPS) is 17.3. The Morgan fingerprint density at radius 3 is 1.11 bits per heavy atom. The first kappa shape index (κ1) is 33.6. The van der Waals surface area contributed by atoms with Gasteiger partial charge in [-0.05, 0) is 12.8 Å². The van der Waals surface area contributed by atoms with Crippen molar-refractivity contribution < 1.29 is 93.4 Å². The summed E-state index contributed by atoms with van der Waals surface area (Å²) in [6.45, 7) is 0. The average molecular weight is 604 g/mol. The van der Waals surface area contributed by atoms with Crippen LogP contribution < -0.4 is 0 Å². The van der Waals surface area contributed by atoms with Gasteiger partial charge in [-0.25, -0.2) is 4.79 Å². The maximum Gasteiger partial charge on any atom is 0.460 e. The Hall–Kier alpha value is -2.38. The highest BCUT2D eigenvalue weighted by molar-refractivity contribution is 6.06. The van der Waals surface area contributed by atoms with Crippen LogP contribution in [0.2, 0.25) is 0 Å². The first-order valence-corrected chi connectivity index (χ1v) is 9.34. The number of cyclic esters (lactones) is 2. The maximum absolute atomic E-state index is 13.8. The minimum absolute atomic E-state index is 1.36. The van der Waals surface area contributed by atoms with Gasteiger partial charge in [0.2, 0.25) is 0 Å². The molecule has 38 heavy (non-hydrogen) atoms. The first-order valence-electron chi connectivity index (χ1n) is 9.34. The standard InChI is InChI=1S/C17H10F18O3/c18-10(19,12(22,23)14(26,27)16(30,31)32)3-1-6(7-5-8(36)38-9(7)37)2-4-11(20,21)13(24,25)15(28,29)17(33,34)35/h1-5H2. The summed E-state index contributed by atoms with van der Waals surface area (Å²) in [4.78, 5) is 22.7. The number of rotatable bonds is 10. The predicted octanol–water partition coefficient (Wildman–Crippen LogP) is 7.25. The molecule has 0 aromatic rings. The minimum Gasteiger partial charge on any atom is -0.389 e. The van der Waals surface area contributed by atoms with E-state index in [-0.39, 0.29) is 0 Å². The van der Waals surface area contributed by atoms with E-state index in [4.69, 9.17) is 0 Å². The number of carbonyl (C=O) groups excluding carboxylic acids is 2. The molecule has 0 bridgehead atoms. The van der Waals surface area contributed by atoms with E-state index in [2.05, 4.69) is 4.74 Å². The second-order valence-electron chi connectivity index (χ2n) is 7.72. The summed E-state index contributed by atoms with van der Waals surface area (Å²) in [5, 5.41) is 0. The molecule has 0 spiro atoms. The smallest absolute Gasteiger partial charge is 0.389 e. The van der Waals surface area contributed by atoms with Gasteiger partial charge in [-0.2, -0.15) is 79.0 Å². The molecule has 1 heterocycles. The number of hydrogen-bond donors (Lipinski definition) is 0. The minimum atomic E-state index is -7.41. The molecule has 3 nitrogen and oxygen atoms in total. The van der Waals surface area contributed by atoms with Crippen molar-refractivity contribution in [2.75, 3.05) is 0 Å². The summed E-state index contributed by atoms with van der Waals surface area (Å²) in [6.07, 6.45) is -25.9. The molecular weight excluding hydrogens is 594 g/mol. The zero-order chi connectivity index (χ0) is 30.6. The van der Waals surface area contributed by atoms with Crippen LogP contribution in [0.1, 0.15) is 32.1 Å². The van der Waals surface area contributed by atoms with Gasteiger partial charge in [0.05, 0.1) is 6.42 Å². The molecule has 0 saturated carbocycles. The zero-order valence-electron chi connectivity index (χ0n) is 17.6. The van der Waals surface area contributed by atoms with E-state index in [0.717, 1.165) is 0 Å². The lowest BCUT2D eigenvalue weighted by atomic mass is 9.90. The van der Waals surface area contributed by atoms with Crippen LogP contribution in [-0.2, 0) is 14.3 Å². The van der Waals surface area contributed by atoms with Crippen LogP contribution in [0, 0.1) is 0 Å².